The molecule has 2 atom stereocenters. The van der Waals surface area contributed by atoms with Crippen LogP contribution in [0.3, 0.4) is 0 Å². The van der Waals surface area contributed by atoms with Gasteiger partial charge in [-0.05, 0) is 36.8 Å². The molecule has 0 fully saturated rings. The molecule has 2 unspecified atom stereocenters. The molecular weight excluding hydrogens is 478 g/mol. The molecule has 0 bridgehead atoms. The number of nitrogens with one attached hydrogen (secondary N) is 1. The van der Waals surface area contributed by atoms with Crippen LogP contribution in [0.15, 0.2) is 80.2 Å². The molecule has 2 aliphatic heterocycles. The molecule has 0 saturated heterocycles. The Balaban J connectivity index is 1.80. The van der Waals surface area contributed by atoms with E-state index < -0.39 is 16.9 Å². The first-order valence-electron chi connectivity index (χ1n) is 9.84. The van der Waals surface area contributed by atoms with Crippen molar-refractivity contribution in [1.29, 1.82) is 0 Å². The summed E-state index contributed by atoms with van der Waals surface area (Å²) in [5, 5.41) is 14.9. The maximum atomic E-state index is 13.6. The summed E-state index contributed by atoms with van der Waals surface area (Å²) in [5.41, 5.74) is 0.415. The summed E-state index contributed by atoms with van der Waals surface area (Å²) in [7, 11) is 0. The Morgan fingerprint density at radius 1 is 1.19 bits per heavy atom. The van der Waals surface area contributed by atoms with Gasteiger partial charge in [0, 0.05) is 22.6 Å². The molecule has 0 radical (unpaired) electrons. The molecule has 3 heterocycles. The predicted octanol–water partition coefficient (Wildman–Crippen LogP) is 4.40. The normalized spacial score (nSPS) is 19.6. The Bertz CT molecular complexity index is 1420. The van der Waals surface area contributed by atoms with E-state index in [0.717, 1.165) is 0 Å². The largest absolute Gasteiger partial charge is 0.450 e. The topological polar surface area (TPSA) is 106 Å². The minimum Gasteiger partial charge on any atom is -0.450 e. The van der Waals surface area contributed by atoms with E-state index in [2.05, 4.69) is 21.2 Å². The van der Waals surface area contributed by atoms with Crippen LogP contribution in [0, 0.1) is 10.1 Å². The van der Waals surface area contributed by atoms with Gasteiger partial charge < -0.3 is 9.73 Å². The number of benzene rings is 2. The molecule has 9 heteroatoms. The van der Waals surface area contributed by atoms with E-state index in [1.807, 2.05) is 19.1 Å². The molecular formula is C23H16BrN3O5. The average Bonchev–Trinajstić information content (AvgIpc) is 3.07. The minimum absolute atomic E-state index is 0.0454. The fraction of sp³-hybridized carbons (Fsp3) is 0.130. The average molecular weight is 494 g/mol. The predicted molar refractivity (Wildman–Crippen MR) is 121 cm³/mol. The second-order valence-corrected chi connectivity index (χ2v) is 8.53. The number of hydrogen-bond donors (Lipinski definition) is 1. The number of fused-ring (bicyclic) bond motifs is 2. The van der Waals surface area contributed by atoms with Crippen LogP contribution in [0.2, 0.25) is 0 Å². The van der Waals surface area contributed by atoms with Crippen molar-refractivity contribution in [3.8, 4) is 0 Å². The number of halogens is 1. The Morgan fingerprint density at radius 2 is 2.00 bits per heavy atom. The van der Waals surface area contributed by atoms with Gasteiger partial charge in [0.25, 0.3) is 11.6 Å². The van der Waals surface area contributed by atoms with Crippen molar-refractivity contribution in [2.45, 2.75) is 19.0 Å². The number of non-ortho nitro benzene ring substituents is 1. The van der Waals surface area contributed by atoms with E-state index >= 15 is 0 Å². The summed E-state index contributed by atoms with van der Waals surface area (Å²) in [5.74, 6) is -0.0662. The zero-order valence-corrected chi connectivity index (χ0v) is 18.3. The Hall–Kier alpha value is -3.72. The van der Waals surface area contributed by atoms with Crippen LogP contribution in [-0.4, -0.2) is 21.8 Å². The van der Waals surface area contributed by atoms with E-state index in [-0.39, 0.29) is 28.5 Å². The molecule has 0 spiro atoms. The van der Waals surface area contributed by atoms with Crippen molar-refractivity contribution in [3.63, 3.8) is 0 Å². The first kappa shape index (κ1) is 20.2. The van der Waals surface area contributed by atoms with Crippen LogP contribution in [0.25, 0.3) is 11.0 Å². The lowest BCUT2D eigenvalue weighted by Crippen LogP contribution is -2.39. The van der Waals surface area contributed by atoms with Crippen molar-refractivity contribution < 1.29 is 14.1 Å². The van der Waals surface area contributed by atoms with Gasteiger partial charge in [-0.2, -0.15) is 0 Å². The molecule has 3 aromatic rings. The lowest BCUT2D eigenvalue weighted by atomic mass is 9.98. The van der Waals surface area contributed by atoms with E-state index in [0.29, 0.717) is 26.8 Å². The van der Waals surface area contributed by atoms with Crippen molar-refractivity contribution in [3.05, 3.63) is 108 Å². The Kier molecular flexibility index (Phi) is 4.70. The molecule has 32 heavy (non-hydrogen) atoms. The van der Waals surface area contributed by atoms with Gasteiger partial charge in [-0.1, -0.05) is 40.2 Å². The standard InChI is InChI=1S/C23H16BrN3O5/c1-12-4-2-7-18(25-12)26-20(13-5-3-6-15(10-13)27(30)31)19-21(28)16-11-14(24)8-9-17(16)32-22(19)23(26)29/h2-12,20,25H,1H3. The summed E-state index contributed by atoms with van der Waals surface area (Å²) < 4.78 is 6.61. The number of nitro benzene ring substituents is 1. The highest BCUT2D eigenvalue weighted by Gasteiger charge is 2.45. The second-order valence-electron chi connectivity index (χ2n) is 7.61. The molecule has 160 valence electrons. The number of carbonyl (C=O) groups excluding carboxylic acids is 1. The quantitative estimate of drug-likeness (QED) is 0.428. The summed E-state index contributed by atoms with van der Waals surface area (Å²) in [6, 6.07) is 10.0. The van der Waals surface area contributed by atoms with E-state index in [4.69, 9.17) is 4.42 Å². The van der Waals surface area contributed by atoms with Crippen LogP contribution >= 0.6 is 15.9 Å². The molecule has 2 aromatic carbocycles. The molecule has 5 rings (SSSR count). The lowest BCUT2D eigenvalue weighted by Gasteiger charge is -2.30. The van der Waals surface area contributed by atoms with Crippen LogP contribution in [0.4, 0.5) is 5.69 Å². The van der Waals surface area contributed by atoms with Gasteiger partial charge in [-0.25, -0.2) is 0 Å². The highest BCUT2D eigenvalue weighted by Crippen LogP contribution is 2.41. The third kappa shape index (κ3) is 3.13. The van der Waals surface area contributed by atoms with E-state index in [1.54, 1.807) is 36.4 Å². The van der Waals surface area contributed by atoms with Crippen LogP contribution in [0.1, 0.15) is 34.6 Å². The minimum atomic E-state index is -0.880. The summed E-state index contributed by atoms with van der Waals surface area (Å²) in [6.07, 6.45) is 5.48. The maximum absolute atomic E-state index is 13.6. The summed E-state index contributed by atoms with van der Waals surface area (Å²) >= 11 is 3.37. The Morgan fingerprint density at radius 3 is 2.75 bits per heavy atom. The molecule has 0 aliphatic carbocycles. The maximum Gasteiger partial charge on any atom is 0.296 e. The SMILES string of the molecule is CC1C=CC=C(N2C(=O)c3oc4ccc(Br)cc4c(=O)c3C2c2cccc([N+](=O)[O-])c2)N1. The van der Waals surface area contributed by atoms with Crippen molar-refractivity contribution >= 4 is 38.5 Å². The van der Waals surface area contributed by atoms with Crippen LogP contribution in [-0.2, 0) is 0 Å². The fourth-order valence-corrected chi connectivity index (χ4v) is 4.47. The highest BCUT2D eigenvalue weighted by molar-refractivity contribution is 9.10. The second kappa shape index (κ2) is 7.45. The first-order chi connectivity index (χ1) is 15.3. The molecule has 1 amide bonds. The smallest absolute Gasteiger partial charge is 0.296 e. The number of allylic oxidation sites excluding steroid dienone is 2. The van der Waals surface area contributed by atoms with Crippen molar-refractivity contribution in [2.24, 2.45) is 0 Å². The fourth-order valence-electron chi connectivity index (χ4n) is 4.11. The van der Waals surface area contributed by atoms with Gasteiger partial charge in [-0.15, -0.1) is 0 Å². The van der Waals surface area contributed by atoms with Crippen molar-refractivity contribution in [1.82, 2.24) is 10.2 Å². The first-order valence-corrected chi connectivity index (χ1v) is 10.6. The molecule has 8 nitrogen and oxygen atoms in total. The van der Waals surface area contributed by atoms with Gasteiger partial charge in [0.15, 0.2) is 5.43 Å². The highest BCUT2D eigenvalue weighted by atomic mass is 79.9. The zero-order chi connectivity index (χ0) is 22.6. The van der Waals surface area contributed by atoms with Gasteiger partial charge in [0.2, 0.25) is 5.76 Å². The number of carbonyl (C=O) groups is 1. The number of nitrogens with zero attached hydrogens (tertiary/aromatic N) is 2. The number of rotatable bonds is 3. The molecule has 1 N–H and O–H groups in total. The molecule has 2 aliphatic rings. The van der Waals surface area contributed by atoms with Gasteiger partial charge in [-0.3, -0.25) is 24.6 Å². The summed E-state index contributed by atoms with van der Waals surface area (Å²) in [4.78, 5) is 39.4. The number of dihydropyridines is 1. The molecule has 0 saturated carbocycles. The third-order valence-electron chi connectivity index (χ3n) is 5.52. The van der Waals surface area contributed by atoms with Gasteiger partial charge in [0.1, 0.15) is 11.4 Å². The number of nitro groups is 1. The van der Waals surface area contributed by atoms with E-state index in [9.17, 15) is 19.7 Å². The van der Waals surface area contributed by atoms with Gasteiger partial charge in [0.05, 0.1) is 21.9 Å². The van der Waals surface area contributed by atoms with Gasteiger partial charge >= 0.3 is 0 Å². The van der Waals surface area contributed by atoms with Crippen molar-refractivity contribution in [2.75, 3.05) is 0 Å². The van der Waals surface area contributed by atoms with Crippen LogP contribution in [0.5, 0.6) is 0 Å². The van der Waals surface area contributed by atoms with Crippen LogP contribution < -0.4 is 10.7 Å². The number of amides is 1. The lowest BCUT2D eigenvalue weighted by molar-refractivity contribution is -0.384. The number of hydrogen-bond acceptors (Lipinski definition) is 6. The Labute approximate surface area is 190 Å². The monoisotopic (exact) mass is 493 g/mol. The summed E-state index contributed by atoms with van der Waals surface area (Å²) in [6.45, 7) is 1.93. The molecule has 1 aromatic heterocycles. The zero-order valence-electron chi connectivity index (χ0n) is 16.7. The van der Waals surface area contributed by atoms with E-state index in [1.165, 1.54) is 17.0 Å². The third-order valence-corrected chi connectivity index (χ3v) is 6.01.